The Hall–Kier alpha value is -2.29. The highest BCUT2D eigenvalue weighted by atomic mass is 35.5. The van der Waals surface area contributed by atoms with Crippen molar-refractivity contribution in [2.45, 2.75) is 6.54 Å². The molecule has 0 amide bonds. The van der Waals surface area contributed by atoms with Crippen LogP contribution in [0.15, 0.2) is 47.4 Å². The van der Waals surface area contributed by atoms with Gasteiger partial charge in [-0.1, -0.05) is 12.1 Å². The number of fused-ring (bicyclic) bond motifs is 1. The second-order valence-corrected chi connectivity index (χ2v) is 6.47. The molecule has 0 aliphatic rings. The first-order valence-electron chi connectivity index (χ1n) is 7.08. The first-order valence-corrected chi connectivity index (χ1v) is 8.21. The molecule has 1 aromatic carbocycles. The van der Waals surface area contributed by atoms with E-state index in [-0.39, 0.29) is 24.5 Å². The zero-order valence-corrected chi connectivity index (χ0v) is 14.8. The van der Waals surface area contributed by atoms with Crippen LogP contribution in [0.1, 0.15) is 5.56 Å². The SMILES string of the molecule is CN(Cc1ccc(-c2ccnc3[nH]c(=O)ccc23)c(F)c1)[SH](=O)=O.Cl. The standard InChI is InChI=1S/C16H14FN3O3S.ClH/c1-20(24(22)23)9-10-2-3-12(14(17)8-10)11-6-7-18-16-13(11)4-5-15(21)19-16;/h2-8,24H,9H2,1H3,(H,18,19,21);1H. The van der Waals surface area contributed by atoms with Crippen LogP contribution in [0, 0.1) is 5.82 Å². The van der Waals surface area contributed by atoms with E-state index in [0.717, 1.165) is 4.31 Å². The third kappa shape index (κ3) is 4.04. The number of aromatic nitrogens is 2. The quantitative estimate of drug-likeness (QED) is 0.676. The predicted molar refractivity (Wildman–Crippen MR) is 96.8 cm³/mol. The van der Waals surface area contributed by atoms with E-state index in [2.05, 4.69) is 9.97 Å². The summed E-state index contributed by atoms with van der Waals surface area (Å²) in [5.41, 5.74) is 1.60. The van der Waals surface area contributed by atoms with E-state index in [4.69, 9.17) is 0 Å². The van der Waals surface area contributed by atoms with E-state index in [1.54, 1.807) is 24.3 Å². The Kier molecular flexibility index (Phi) is 5.89. The molecule has 3 rings (SSSR count). The molecule has 0 spiro atoms. The minimum absolute atomic E-state index is 0. The summed E-state index contributed by atoms with van der Waals surface area (Å²) in [6.07, 6.45) is 1.50. The van der Waals surface area contributed by atoms with Crippen molar-refractivity contribution in [3.8, 4) is 11.1 Å². The van der Waals surface area contributed by atoms with Gasteiger partial charge in [0, 0.05) is 36.8 Å². The van der Waals surface area contributed by atoms with Gasteiger partial charge >= 0.3 is 0 Å². The number of nitrogens with zero attached hydrogens (tertiary/aromatic N) is 2. The van der Waals surface area contributed by atoms with Crippen molar-refractivity contribution in [3.63, 3.8) is 0 Å². The Labute approximate surface area is 150 Å². The van der Waals surface area contributed by atoms with Gasteiger partial charge in [0.15, 0.2) is 0 Å². The summed E-state index contributed by atoms with van der Waals surface area (Å²) in [6.45, 7) is 0.0975. The van der Waals surface area contributed by atoms with Gasteiger partial charge in [-0.05, 0) is 29.3 Å². The average Bonchev–Trinajstić information content (AvgIpc) is 2.54. The lowest BCUT2D eigenvalue weighted by atomic mass is 10.0. The topological polar surface area (TPSA) is 83.1 Å². The number of benzene rings is 1. The van der Waals surface area contributed by atoms with Crippen LogP contribution < -0.4 is 5.56 Å². The molecule has 2 aromatic heterocycles. The molecule has 3 aromatic rings. The van der Waals surface area contributed by atoms with Crippen molar-refractivity contribution in [2.75, 3.05) is 7.05 Å². The Morgan fingerprint density at radius 2 is 1.92 bits per heavy atom. The smallest absolute Gasteiger partial charge is 0.249 e. The lowest BCUT2D eigenvalue weighted by Crippen LogP contribution is -2.15. The number of thiol groups is 1. The van der Waals surface area contributed by atoms with E-state index in [0.29, 0.717) is 27.7 Å². The van der Waals surface area contributed by atoms with E-state index in [1.165, 1.54) is 25.4 Å². The predicted octanol–water partition coefficient (Wildman–Crippen LogP) is 2.11. The fourth-order valence-corrected chi connectivity index (χ4v) is 2.77. The summed E-state index contributed by atoms with van der Waals surface area (Å²) in [4.78, 5) is 18.1. The first-order chi connectivity index (χ1) is 11.5. The molecule has 9 heteroatoms. The molecular formula is C16H15ClFN3O3S. The number of H-pyrrole nitrogens is 1. The molecule has 0 atom stereocenters. The number of halogens is 2. The summed E-state index contributed by atoms with van der Waals surface area (Å²) in [6, 6.07) is 9.20. The van der Waals surface area contributed by atoms with Crippen molar-refractivity contribution in [1.29, 1.82) is 0 Å². The van der Waals surface area contributed by atoms with Crippen molar-refractivity contribution in [2.24, 2.45) is 0 Å². The number of aromatic amines is 1. The van der Waals surface area contributed by atoms with Gasteiger partial charge < -0.3 is 4.98 Å². The third-order valence-corrected chi connectivity index (χ3v) is 4.35. The Morgan fingerprint density at radius 3 is 2.60 bits per heavy atom. The molecule has 0 unspecified atom stereocenters. The van der Waals surface area contributed by atoms with E-state index < -0.39 is 16.7 Å². The van der Waals surface area contributed by atoms with Gasteiger partial charge in [-0.3, -0.25) is 4.79 Å². The van der Waals surface area contributed by atoms with Gasteiger partial charge in [0.2, 0.25) is 16.4 Å². The molecule has 0 aliphatic carbocycles. The number of pyridine rings is 2. The molecule has 0 saturated carbocycles. The zero-order valence-electron chi connectivity index (χ0n) is 13.1. The van der Waals surface area contributed by atoms with Crippen LogP contribution in [0.25, 0.3) is 22.2 Å². The molecular weight excluding hydrogens is 369 g/mol. The molecule has 0 aliphatic heterocycles. The van der Waals surface area contributed by atoms with Crippen molar-refractivity contribution in [3.05, 3.63) is 64.3 Å². The maximum Gasteiger partial charge on any atom is 0.249 e. The highest BCUT2D eigenvalue weighted by Crippen LogP contribution is 2.29. The fourth-order valence-electron chi connectivity index (χ4n) is 2.49. The first kappa shape index (κ1) is 19.0. The molecule has 1 N–H and O–H groups in total. The number of hydrogen-bond donors (Lipinski definition) is 2. The maximum absolute atomic E-state index is 14.5. The Bertz CT molecular complexity index is 1040. The summed E-state index contributed by atoms with van der Waals surface area (Å²) in [5.74, 6) is -0.472. The van der Waals surface area contributed by atoms with Crippen LogP contribution >= 0.6 is 12.4 Å². The average molecular weight is 384 g/mol. The van der Waals surface area contributed by atoms with Crippen molar-refractivity contribution < 1.29 is 12.8 Å². The lowest BCUT2D eigenvalue weighted by Gasteiger charge is -2.11. The molecule has 0 fully saturated rings. The lowest BCUT2D eigenvalue weighted by molar-refractivity contribution is 0.485. The van der Waals surface area contributed by atoms with E-state index >= 15 is 0 Å². The van der Waals surface area contributed by atoms with Crippen molar-refractivity contribution in [1.82, 2.24) is 14.3 Å². The highest BCUT2D eigenvalue weighted by Gasteiger charge is 2.11. The second-order valence-electron chi connectivity index (χ2n) is 5.31. The number of rotatable bonds is 4. The largest absolute Gasteiger partial charge is 0.307 e. The Morgan fingerprint density at radius 1 is 1.16 bits per heavy atom. The van der Waals surface area contributed by atoms with Gasteiger partial charge in [0.1, 0.15) is 11.5 Å². The fraction of sp³-hybridized carbons (Fsp3) is 0.125. The summed E-state index contributed by atoms with van der Waals surface area (Å²) in [7, 11) is -1.28. The number of hydrogen-bond acceptors (Lipinski definition) is 4. The van der Waals surface area contributed by atoms with Gasteiger partial charge in [0.25, 0.3) is 0 Å². The molecule has 2 heterocycles. The van der Waals surface area contributed by atoms with Crippen LogP contribution in [0.2, 0.25) is 0 Å². The molecule has 6 nitrogen and oxygen atoms in total. The third-order valence-electron chi connectivity index (χ3n) is 3.65. The van der Waals surface area contributed by atoms with Crippen LogP contribution in [0.5, 0.6) is 0 Å². The minimum Gasteiger partial charge on any atom is -0.307 e. The monoisotopic (exact) mass is 383 g/mol. The van der Waals surface area contributed by atoms with Gasteiger partial charge in [0.05, 0.1) is 0 Å². The molecule has 0 saturated heterocycles. The molecule has 132 valence electrons. The van der Waals surface area contributed by atoms with E-state index in [1.807, 2.05) is 0 Å². The van der Waals surface area contributed by atoms with Crippen molar-refractivity contribution >= 4 is 34.3 Å². The summed E-state index contributed by atoms with van der Waals surface area (Å²) in [5, 5.41) is 0.628. The zero-order chi connectivity index (χ0) is 17.3. The van der Waals surface area contributed by atoms with Crippen LogP contribution in [0.3, 0.4) is 0 Å². The normalized spacial score (nSPS) is 11.0. The maximum atomic E-state index is 14.5. The van der Waals surface area contributed by atoms with Crippen LogP contribution in [-0.4, -0.2) is 29.7 Å². The van der Waals surface area contributed by atoms with E-state index in [9.17, 15) is 17.6 Å². The second kappa shape index (κ2) is 7.73. The van der Waals surface area contributed by atoms with Crippen LogP contribution in [-0.2, 0) is 17.4 Å². The molecule has 0 radical (unpaired) electrons. The molecule has 0 bridgehead atoms. The van der Waals surface area contributed by atoms with Gasteiger partial charge in [-0.2, -0.15) is 0 Å². The van der Waals surface area contributed by atoms with Gasteiger partial charge in [-0.25, -0.2) is 22.1 Å². The highest BCUT2D eigenvalue weighted by molar-refractivity contribution is 7.69. The summed E-state index contributed by atoms with van der Waals surface area (Å²) >= 11 is 0. The van der Waals surface area contributed by atoms with Gasteiger partial charge in [-0.15, -0.1) is 12.4 Å². The Balaban J connectivity index is 0.00000225. The number of nitrogens with one attached hydrogen (secondary N) is 1. The molecule has 25 heavy (non-hydrogen) atoms. The summed E-state index contributed by atoms with van der Waals surface area (Å²) < 4.78 is 37.4. The van der Waals surface area contributed by atoms with Crippen LogP contribution in [0.4, 0.5) is 4.39 Å². The minimum atomic E-state index is -2.70.